The van der Waals surface area contributed by atoms with Gasteiger partial charge in [-0.25, -0.2) is 29.8 Å². The molecule has 13 heteroatoms. The first-order chi connectivity index (χ1) is 15.9. The van der Waals surface area contributed by atoms with Crippen molar-refractivity contribution >= 4 is 46.3 Å². The van der Waals surface area contributed by atoms with Gasteiger partial charge in [-0.05, 0) is 39.2 Å². The summed E-state index contributed by atoms with van der Waals surface area (Å²) in [4.78, 5) is 20.1. The molecule has 0 bridgehead atoms. The molecular weight excluding hydrogens is 469 g/mol. The topological polar surface area (TPSA) is 117 Å². The van der Waals surface area contributed by atoms with Crippen molar-refractivity contribution in [3.8, 4) is 11.5 Å². The summed E-state index contributed by atoms with van der Waals surface area (Å²) < 4.78 is 19.0. The van der Waals surface area contributed by atoms with E-state index in [2.05, 4.69) is 45.8 Å². The average Bonchev–Trinajstić information content (AvgIpc) is 3.17. The molecule has 3 N–H and O–H groups in total. The molecule has 0 radical (unpaired) electrons. The van der Waals surface area contributed by atoms with E-state index >= 15 is 0 Å². The van der Waals surface area contributed by atoms with E-state index in [1.54, 1.807) is 0 Å². The van der Waals surface area contributed by atoms with Crippen molar-refractivity contribution in [2.45, 2.75) is 11.8 Å². The monoisotopic (exact) mass is 489 g/mol. The second-order valence-electron chi connectivity index (χ2n) is 7.30. The number of hydrogen-bond acceptors (Lipinski definition) is 10. The number of benzene rings is 1. The highest BCUT2D eigenvalue weighted by Gasteiger charge is 2.15. The Morgan fingerprint density at radius 2 is 2.06 bits per heavy atom. The fraction of sp³-hybridized carbons (Fsp3) is 0.250. The van der Waals surface area contributed by atoms with Crippen molar-refractivity contribution in [1.82, 2.24) is 35.0 Å². The summed E-state index contributed by atoms with van der Waals surface area (Å²) >= 11 is 6.66. The molecule has 0 aliphatic carbocycles. The van der Waals surface area contributed by atoms with Crippen molar-refractivity contribution in [2.75, 3.05) is 38.0 Å². The number of aryl methyl sites for hydroxylation is 1. The number of anilines is 2. The Labute approximate surface area is 198 Å². The van der Waals surface area contributed by atoms with Crippen molar-refractivity contribution in [2.24, 2.45) is 0 Å². The number of rotatable bonds is 9. The Balaban J connectivity index is 1.47. The Bertz CT molecular complexity index is 1250. The third-order valence-electron chi connectivity index (χ3n) is 4.50. The van der Waals surface area contributed by atoms with E-state index in [4.69, 9.17) is 15.9 Å². The van der Waals surface area contributed by atoms with Crippen LogP contribution in [0.1, 0.15) is 5.69 Å². The highest BCUT2D eigenvalue weighted by molar-refractivity contribution is 7.94. The standard InChI is InChI=1S/C20H21ClFN9OS/c1-11-17-19(23-6-7-31(2)3)26-18(27-20(17)29-28-11)14-9-25-16(10-24-14)30-32-33-15-8-12(21)4-5-13(15)22/h4-5,8-10H,6-7H2,1-3H3,(H,25,30)(H2,23,26,27,28,29). The molecule has 4 aromatic rings. The van der Waals surface area contributed by atoms with Crippen LogP contribution in [0.3, 0.4) is 0 Å². The minimum atomic E-state index is -0.441. The summed E-state index contributed by atoms with van der Waals surface area (Å²) in [6.45, 7) is 3.47. The van der Waals surface area contributed by atoms with E-state index in [0.29, 0.717) is 40.4 Å². The average molecular weight is 490 g/mol. The van der Waals surface area contributed by atoms with Gasteiger partial charge in [0.25, 0.3) is 0 Å². The van der Waals surface area contributed by atoms with E-state index in [1.165, 1.54) is 30.6 Å². The summed E-state index contributed by atoms with van der Waals surface area (Å²) in [7, 11) is 4.01. The van der Waals surface area contributed by atoms with Gasteiger partial charge in [-0.1, -0.05) is 11.6 Å². The number of aromatic amines is 1. The van der Waals surface area contributed by atoms with Gasteiger partial charge in [-0.2, -0.15) is 9.38 Å². The van der Waals surface area contributed by atoms with Crippen LogP contribution in [0.2, 0.25) is 5.02 Å². The Morgan fingerprint density at radius 1 is 1.21 bits per heavy atom. The number of nitrogens with one attached hydrogen (secondary N) is 3. The molecule has 4 rings (SSSR count). The molecule has 3 heterocycles. The Hall–Kier alpha value is -3.06. The van der Waals surface area contributed by atoms with Crippen LogP contribution in [0.5, 0.6) is 0 Å². The molecule has 1 aromatic carbocycles. The van der Waals surface area contributed by atoms with Gasteiger partial charge >= 0.3 is 0 Å². The van der Waals surface area contributed by atoms with E-state index in [1.807, 2.05) is 21.0 Å². The van der Waals surface area contributed by atoms with Crippen LogP contribution < -0.4 is 10.8 Å². The first-order valence-corrected chi connectivity index (χ1v) is 11.0. The SMILES string of the molecule is Cc1[nH]nc2nc(-c3cnc(NOSc4cc(Cl)ccc4F)cn3)nc(NCCN(C)C)c12. The zero-order valence-corrected chi connectivity index (χ0v) is 19.6. The van der Waals surface area contributed by atoms with Gasteiger partial charge in [0.1, 0.15) is 17.3 Å². The third kappa shape index (κ3) is 5.66. The summed E-state index contributed by atoms with van der Waals surface area (Å²) in [5.74, 6) is 0.950. The molecule has 0 aliphatic heterocycles. The third-order valence-corrected chi connectivity index (χ3v) is 5.39. The van der Waals surface area contributed by atoms with Gasteiger partial charge in [0.2, 0.25) is 0 Å². The highest BCUT2D eigenvalue weighted by Crippen LogP contribution is 2.27. The maximum absolute atomic E-state index is 13.8. The molecule has 0 amide bonds. The van der Waals surface area contributed by atoms with E-state index in [9.17, 15) is 4.39 Å². The molecule has 0 fully saturated rings. The van der Waals surface area contributed by atoms with Gasteiger partial charge in [0.05, 0.1) is 34.7 Å². The van der Waals surface area contributed by atoms with Crippen LogP contribution in [-0.2, 0) is 4.28 Å². The smallest absolute Gasteiger partial charge is 0.187 e. The summed E-state index contributed by atoms with van der Waals surface area (Å²) in [5.41, 5.74) is 4.49. The lowest BCUT2D eigenvalue weighted by molar-refractivity contribution is 0.425. The van der Waals surface area contributed by atoms with Gasteiger partial charge in [0.15, 0.2) is 17.3 Å². The summed E-state index contributed by atoms with van der Waals surface area (Å²) in [5, 5.41) is 11.8. The maximum atomic E-state index is 13.8. The van der Waals surface area contributed by atoms with Crippen molar-refractivity contribution < 1.29 is 8.67 Å². The molecule has 0 unspecified atom stereocenters. The second-order valence-corrected chi connectivity index (χ2v) is 8.51. The quantitative estimate of drug-likeness (QED) is 0.236. The van der Waals surface area contributed by atoms with Gasteiger partial charge in [0, 0.05) is 23.8 Å². The van der Waals surface area contributed by atoms with Crippen LogP contribution in [0.4, 0.5) is 16.0 Å². The largest absolute Gasteiger partial charge is 0.368 e. The fourth-order valence-electron chi connectivity index (χ4n) is 2.85. The van der Waals surface area contributed by atoms with Crippen LogP contribution in [0, 0.1) is 12.7 Å². The Kier molecular flexibility index (Phi) is 7.18. The molecule has 0 spiro atoms. The maximum Gasteiger partial charge on any atom is 0.187 e. The number of nitrogens with zero attached hydrogens (tertiary/aromatic N) is 6. The number of fused-ring (bicyclic) bond motifs is 1. The number of likely N-dealkylation sites (N-methyl/N-ethyl adjacent to an activating group) is 1. The highest BCUT2D eigenvalue weighted by atomic mass is 35.5. The van der Waals surface area contributed by atoms with Crippen LogP contribution >= 0.6 is 23.6 Å². The lowest BCUT2D eigenvalue weighted by Gasteiger charge is -2.12. The lowest BCUT2D eigenvalue weighted by Crippen LogP contribution is -2.21. The van der Waals surface area contributed by atoms with Crippen molar-refractivity contribution in [3.63, 3.8) is 0 Å². The summed E-state index contributed by atoms with van der Waals surface area (Å²) in [6, 6.07) is 4.20. The minimum absolute atomic E-state index is 0.241. The molecule has 172 valence electrons. The van der Waals surface area contributed by atoms with Crippen molar-refractivity contribution in [1.29, 1.82) is 0 Å². The van der Waals surface area contributed by atoms with Crippen molar-refractivity contribution in [3.05, 3.63) is 47.1 Å². The predicted octanol–water partition coefficient (Wildman–Crippen LogP) is 3.94. The first kappa shape index (κ1) is 23.1. The molecule has 0 aliphatic rings. The molecule has 33 heavy (non-hydrogen) atoms. The molecule has 0 atom stereocenters. The first-order valence-electron chi connectivity index (χ1n) is 9.89. The fourth-order valence-corrected chi connectivity index (χ4v) is 3.63. The van der Waals surface area contributed by atoms with Gasteiger partial charge < -0.3 is 10.2 Å². The number of hydrogen-bond donors (Lipinski definition) is 3. The normalized spacial score (nSPS) is 11.3. The second kappa shape index (κ2) is 10.3. The van der Waals surface area contributed by atoms with Crippen LogP contribution in [0.15, 0.2) is 35.5 Å². The zero-order valence-electron chi connectivity index (χ0n) is 18.1. The minimum Gasteiger partial charge on any atom is -0.368 e. The van der Waals surface area contributed by atoms with Gasteiger partial charge in [-0.15, -0.1) is 0 Å². The zero-order chi connectivity index (χ0) is 23.4. The van der Waals surface area contributed by atoms with E-state index in [-0.39, 0.29) is 4.90 Å². The lowest BCUT2D eigenvalue weighted by atomic mass is 10.3. The van der Waals surface area contributed by atoms with Crippen LogP contribution in [0.25, 0.3) is 22.6 Å². The van der Waals surface area contributed by atoms with E-state index < -0.39 is 5.82 Å². The number of halogens is 2. The number of H-pyrrole nitrogens is 1. The number of aromatic nitrogens is 6. The molecule has 0 saturated heterocycles. The molecular formula is C20H21ClFN9OS. The van der Waals surface area contributed by atoms with E-state index in [0.717, 1.165) is 29.7 Å². The Morgan fingerprint density at radius 3 is 2.82 bits per heavy atom. The predicted molar refractivity (Wildman–Crippen MR) is 126 cm³/mol. The van der Waals surface area contributed by atoms with Crippen LogP contribution in [-0.4, -0.2) is 62.2 Å². The molecule has 0 saturated carbocycles. The van der Waals surface area contributed by atoms with Gasteiger partial charge in [-0.3, -0.25) is 5.10 Å². The summed E-state index contributed by atoms with van der Waals surface area (Å²) in [6.07, 6.45) is 2.98. The molecule has 3 aromatic heterocycles. The molecule has 10 nitrogen and oxygen atoms in total.